The van der Waals surface area contributed by atoms with Crippen LogP contribution < -0.4 is 0 Å². The second-order valence-corrected chi connectivity index (χ2v) is 10.2. The van der Waals surface area contributed by atoms with E-state index in [4.69, 9.17) is 4.74 Å². The topological polar surface area (TPSA) is 56.6 Å². The molecule has 0 aromatic rings. The molecule has 0 aliphatic carbocycles. The normalized spacial score (nSPS) is 50.7. The molecule has 5 nitrogen and oxygen atoms in total. The Morgan fingerprint density at radius 1 is 1.08 bits per heavy atom. The second-order valence-electron chi connectivity index (χ2n) is 10.2. The minimum absolute atomic E-state index is 0.00823. The summed E-state index contributed by atoms with van der Waals surface area (Å²) >= 11 is 0. The van der Waals surface area contributed by atoms with Gasteiger partial charge in [0.15, 0.2) is 0 Å². The lowest BCUT2D eigenvalue weighted by Gasteiger charge is -2.68. The molecule has 5 heteroatoms. The highest BCUT2D eigenvalue weighted by Gasteiger charge is 2.65. The fourth-order valence-electron chi connectivity index (χ4n) is 6.24. The summed E-state index contributed by atoms with van der Waals surface area (Å²) in [5.41, 5.74) is -0.519. The van der Waals surface area contributed by atoms with E-state index in [0.717, 1.165) is 52.0 Å². The van der Waals surface area contributed by atoms with Gasteiger partial charge in [-0.1, -0.05) is 13.8 Å². The van der Waals surface area contributed by atoms with Gasteiger partial charge >= 0.3 is 0 Å². The van der Waals surface area contributed by atoms with Crippen LogP contribution in [0.3, 0.4) is 0 Å². The fraction of sp³-hybridized carbons (Fsp3) is 0.900. The average Bonchev–Trinajstić information content (AvgIpc) is 2.52. The maximum absolute atomic E-state index is 12.9. The molecule has 138 valence electrons. The van der Waals surface area contributed by atoms with E-state index in [1.807, 2.05) is 0 Å². The van der Waals surface area contributed by atoms with Gasteiger partial charge in [0.25, 0.3) is 0 Å². The molecule has 5 aliphatic rings. The molecule has 1 atom stereocenters. The summed E-state index contributed by atoms with van der Waals surface area (Å²) in [7, 11) is 0. The summed E-state index contributed by atoms with van der Waals surface area (Å²) in [6.07, 6.45) is 3.91. The molecule has 5 fully saturated rings. The molecule has 4 bridgehead atoms. The van der Waals surface area contributed by atoms with Crippen molar-refractivity contribution in [1.29, 1.82) is 5.26 Å². The molecular weight excluding hydrogens is 314 g/mol. The molecule has 0 N–H and O–H groups in total. The third-order valence-corrected chi connectivity index (χ3v) is 7.25. The van der Waals surface area contributed by atoms with Crippen molar-refractivity contribution in [3.63, 3.8) is 0 Å². The minimum Gasteiger partial charge on any atom is -0.375 e. The number of carbonyl (C=O) groups is 1. The molecule has 0 amide bonds. The Balaban J connectivity index is 1.66. The maximum atomic E-state index is 12.9. The zero-order chi connectivity index (χ0) is 18.1. The first-order valence-corrected chi connectivity index (χ1v) is 9.67. The predicted octanol–water partition coefficient (Wildman–Crippen LogP) is 2.42. The number of ether oxygens (including phenoxy) is 1. The van der Waals surface area contributed by atoms with Gasteiger partial charge in [0.2, 0.25) is 0 Å². The van der Waals surface area contributed by atoms with Crippen LogP contribution in [-0.4, -0.2) is 60.1 Å². The molecule has 0 radical (unpaired) electrons. The van der Waals surface area contributed by atoms with E-state index >= 15 is 0 Å². The van der Waals surface area contributed by atoms with Gasteiger partial charge in [-0.2, -0.15) is 5.26 Å². The van der Waals surface area contributed by atoms with Crippen molar-refractivity contribution in [1.82, 2.24) is 9.80 Å². The molecule has 1 unspecified atom stereocenters. The number of rotatable bonds is 3. The molecule has 0 aromatic heterocycles. The van der Waals surface area contributed by atoms with Gasteiger partial charge in [0.05, 0.1) is 35.3 Å². The van der Waals surface area contributed by atoms with E-state index in [1.165, 1.54) is 0 Å². The number of piperidine rings is 2. The number of hydrogen-bond acceptors (Lipinski definition) is 5. The lowest BCUT2D eigenvalue weighted by atomic mass is 9.59. The van der Waals surface area contributed by atoms with Crippen molar-refractivity contribution in [2.75, 3.05) is 32.8 Å². The van der Waals surface area contributed by atoms with E-state index in [1.54, 1.807) is 0 Å². The van der Waals surface area contributed by atoms with Crippen molar-refractivity contribution in [2.45, 2.75) is 65.1 Å². The Morgan fingerprint density at radius 3 is 2.08 bits per heavy atom. The van der Waals surface area contributed by atoms with E-state index in [2.05, 4.69) is 43.6 Å². The number of carbonyl (C=O) groups excluding carboxylic acids is 1. The standard InChI is InChI=1S/C20H31N3O2/c1-17(2)7-8-20(14-25-17,6-5-9-21)16-22-10-18(3)11-23(16)13-19(4,12-22)15(18)24/h16H,5-8,10-14H2,1-4H3. The average molecular weight is 345 g/mol. The molecule has 5 saturated heterocycles. The van der Waals surface area contributed by atoms with Crippen molar-refractivity contribution >= 4 is 5.78 Å². The van der Waals surface area contributed by atoms with Crippen LogP contribution in [0.4, 0.5) is 0 Å². The molecule has 0 spiro atoms. The van der Waals surface area contributed by atoms with Crippen molar-refractivity contribution < 1.29 is 9.53 Å². The Bertz CT molecular complexity index is 585. The SMILES string of the molecule is CC1(C)CCC(CCC#N)(C2N3CC4(C)CN2CC(C)(C3)C4=O)CO1. The zero-order valence-electron chi connectivity index (χ0n) is 16.1. The largest absolute Gasteiger partial charge is 0.375 e. The molecule has 0 aromatic carbocycles. The first-order valence-electron chi connectivity index (χ1n) is 9.67. The second kappa shape index (κ2) is 5.28. The van der Waals surface area contributed by atoms with Crippen LogP contribution in [0.1, 0.15) is 53.4 Å². The van der Waals surface area contributed by atoms with Crippen molar-refractivity contribution in [3.05, 3.63) is 0 Å². The molecule has 0 saturated carbocycles. The summed E-state index contributed by atoms with van der Waals surface area (Å²) in [6, 6.07) is 2.36. The van der Waals surface area contributed by atoms with Gasteiger partial charge < -0.3 is 4.74 Å². The van der Waals surface area contributed by atoms with Gasteiger partial charge in [-0.3, -0.25) is 14.6 Å². The number of hydrogen-bond donors (Lipinski definition) is 0. The number of nitriles is 1. The minimum atomic E-state index is -0.229. The Hall–Kier alpha value is -0.960. The van der Waals surface area contributed by atoms with E-state index in [-0.39, 0.29) is 21.8 Å². The zero-order valence-corrected chi connectivity index (χ0v) is 16.1. The van der Waals surface area contributed by atoms with Crippen molar-refractivity contribution in [2.24, 2.45) is 16.2 Å². The van der Waals surface area contributed by atoms with Crippen LogP contribution in [-0.2, 0) is 9.53 Å². The van der Waals surface area contributed by atoms with Gasteiger partial charge in [0, 0.05) is 38.0 Å². The van der Waals surface area contributed by atoms with Crippen LogP contribution in [0, 0.1) is 27.6 Å². The monoisotopic (exact) mass is 345 g/mol. The molecule has 5 heterocycles. The van der Waals surface area contributed by atoms with E-state index < -0.39 is 0 Å². The Labute approximate surface area is 151 Å². The van der Waals surface area contributed by atoms with Crippen LogP contribution >= 0.6 is 0 Å². The highest BCUT2D eigenvalue weighted by molar-refractivity contribution is 5.92. The third-order valence-electron chi connectivity index (χ3n) is 7.25. The third kappa shape index (κ3) is 2.49. The molecular formula is C20H31N3O2. The van der Waals surface area contributed by atoms with Crippen LogP contribution in [0.15, 0.2) is 0 Å². The van der Waals surface area contributed by atoms with E-state index in [0.29, 0.717) is 18.4 Å². The Kier molecular flexibility index (Phi) is 3.69. The van der Waals surface area contributed by atoms with E-state index in [9.17, 15) is 10.1 Å². The highest BCUT2D eigenvalue weighted by Crippen LogP contribution is 2.54. The summed E-state index contributed by atoms with van der Waals surface area (Å²) in [6.45, 7) is 12.8. The van der Waals surface area contributed by atoms with Crippen molar-refractivity contribution in [3.8, 4) is 6.07 Å². The predicted molar refractivity (Wildman–Crippen MR) is 94.7 cm³/mol. The maximum Gasteiger partial charge on any atom is 0.149 e. The number of ketones is 1. The van der Waals surface area contributed by atoms with Gasteiger partial charge in [-0.05, 0) is 33.1 Å². The van der Waals surface area contributed by atoms with Gasteiger partial charge in [0.1, 0.15) is 5.78 Å². The first kappa shape index (κ1) is 17.5. The molecule has 25 heavy (non-hydrogen) atoms. The summed E-state index contributed by atoms with van der Waals surface area (Å²) < 4.78 is 6.28. The highest BCUT2D eigenvalue weighted by atomic mass is 16.5. The lowest BCUT2D eigenvalue weighted by molar-refractivity contribution is -0.241. The van der Waals surface area contributed by atoms with Crippen LogP contribution in [0.5, 0.6) is 0 Å². The smallest absolute Gasteiger partial charge is 0.149 e. The lowest BCUT2D eigenvalue weighted by Crippen LogP contribution is -2.81. The van der Waals surface area contributed by atoms with Gasteiger partial charge in [-0.25, -0.2) is 0 Å². The van der Waals surface area contributed by atoms with Gasteiger partial charge in [-0.15, -0.1) is 0 Å². The fourth-order valence-corrected chi connectivity index (χ4v) is 6.24. The summed E-state index contributed by atoms with van der Waals surface area (Å²) in [4.78, 5) is 18.0. The van der Waals surface area contributed by atoms with Crippen LogP contribution in [0.2, 0.25) is 0 Å². The first-order chi connectivity index (χ1) is 11.6. The number of nitrogens with zero attached hydrogens (tertiary/aromatic N) is 3. The number of Topliss-reactive ketones (excluding diaryl/α,β-unsaturated/α-hetero) is 1. The molecule has 5 aliphatic heterocycles. The summed E-state index contributed by atoms with van der Waals surface area (Å²) in [5.74, 6) is 0.457. The summed E-state index contributed by atoms with van der Waals surface area (Å²) in [5, 5.41) is 9.22. The quantitative estimate of drug-likeness (QED) is 0.786. The van der Waals surface area contributed by atoms with Crippen LogP contribution in [0.25, 0.3) is 0 Å². The Morgan fingerprint density at radius 2 is 1.64 bits per heavy atom. The molecule has 5 rings (SSSR count).